The Labute approximate surface area is 108 Å². The number of nitrogens with zero attached hydrogens (tertiary/aromatic N) is 1. The molecule has 0 saturated heterocycles. The second kappa shape index (κ2) is 4.73. The van der Waals surface area contributed by atoms with Crippen LogP contribution in [0.2, 0.25) is 0 Å². The van der Waals surface area contributed by atoms with Crippen LogP contribution in [-0.2, 0) is 17.6 Å². The highest BCUT2D eigenvalue weighted by atomic mass is 16.2. The van der Waals surface area contributed by atoms with Gasteiger partial charge in [-0.25, -0.2) is 0 Å². The normalized spacial score (nSPS) is 18.9. The summed E-state index contributed by atoms with van der Waals surface area (Å²) in [5.41, 5.74) is 3.79. The van der Waals surface area contributed by atoms with Crippen molar-refractivity contribution in [2.24, 2.45) is 0 Å². The largest absolute Gasteiger partial charge is 0.315 e. The van der Waals surface area contributed by atoms with Crippen molar-refractivity contribution >= 4 is 11.6 Å². The van der Waals surface area contributed by atoms with Gasteiger partial charge in [-0.3, -0.25) is 4.79 Å². The summed E-state index contributed by atoms with van der Waals surface area (Å²) in [6.07, 6.45) is 5.31. The number of amides is 1. The van der Waals surface area contributed by atoms with E-state index in [-0.39, 0.29) is 5.91 Å². The van der Waals surface area contributed by atoms with Gasteiger partial charge in [-0.05, 0) is 49.4 Å². The fourth-order valence-electron chi connectivity index (χ4n) is 2.57. The predicted molar refractivity (Wildman–Crippen MR) is 72.9 cm³/mol. The number of hydrogen-bond acceptors (Lipinski definition) is 2. The third kappa shape index (κ3) is 2.41. The molecule has 1 heterocycles. The summed E-state index contributed by atoms with van der Waals surface area (Å²) in [6, 6.07) is 7.31. The molecule has 0 unspecified atom stereocenters. The second-order valence-electron chi connectivity index (χ2n) is 5.39. The Bertz CT molecular complexity index is 466. The van der Waals surface area contributed by atoms with Crippen molar-refractivity contribution in [2.75, 3.05) is 18.5 Å². The second-order valence-corrected chi connectivity index (χ2v) is 5.39. The Hall–Kier alpha value is -1.35. The van der Waals surface area contributed by atoms with Crippen LogP contribution < -0.4 is 10.2 Å². The molecule has 0 radical (unpaired) electrons. The average molecular weight is 244 g/mol. The summed E-state index contributed by atoms with van der Waals surface area (Å²) in [6.45, 7) is 1.07. The molecule has 2 aliphatic rings. The first-order chi connectivity index (χ1) is 8.74. The molecule has 0 bridgehead atoms. The fraction of sp³-hybridized carbons (Fsp3) is 0.533. The fourth-order valence-corrected chi connectivity index (χ4v) is 2.57. The maximum Gasteiger partial charge on any atom is 0.227 e. The number of fused-ring (bicyclic) bond motifs is 1. The molecule has 0 aromatic heterocycles. The van der Waals surface area contributed by atoms with Crippen LogP contribution in [-0.4, -0.2) is 25.5 Å². The first-order valence-corrected chi connectivity index (χ1v) is 6.86. The molecule has 1 saturated carbocycles. The number of carbonyl (C=O) groups is 1. The van der Waals surface area contributed by atoms with Crippen molar-refractivity contribution in [3.63, 3.8) is 0 Å². The molecular weight excluding hydrogens is 224 g/mol. The van der Waals surface area contributed by atoms with E-state index in [4.69, 9.17) is 0 Å². The van der Waals surface area contributed by atoms with Crippen molar-refractivity contribution in [3.8, 4) is 0 Å². The summed E-state index contributed by atoms with van der Waals surface area (Å²) >= 11 is 0. The number of hydrogen-bond donors (Lipinski definition) is 1. The Morgan fingerprint density at radius 2 is 2.17 bits per heavy atom. The zero-order valence-corrected chi connectivity index (χ0v) is 10.9. The Balaban J connectivity index is 1.68. The van der Waals surface area contributed by atoms with E-state index < -0.39 is 0 Å². The lowest BCUT2D eigenvalue weighted by Gasteiger charge is -2.26. The van der Waals surface area contributed by atoms with Crippen molar-refractivity contribution in [3.05, 3.63) is 29.3 Å². The van der Waals surface area contributed by atoms with Gasteiger partial charge in [0.05, 0.1) is 0 Å². The van der Waals surface area contributed by atoms with Crippen LogP contribution in [0, 0.1) is 0 Å². The van der Waals surface area contributed by atoms with Gasteiger partial charge in [-0.1, -0.05) is 12.1 Å². The number of rotatable bonds is 4. The number of benzene rings is 1. The van der Waals surface area contributed by atoms with Crippen LogP contribution in [0.1, 0.15) is 30.4 Å². The molecule has 1 amide bonds. The summed E-state index contributed by atoms with van der Waals surface area (Å²) in [5.74, 6) is 0.227. The lowest BCUT2D eigenvalue weighted by atomic mass is 9.98. The van der Waals surface area contributed by atoms with Crippen LogP contribution in [0.3, 0.4) is 0 Å². The van der Waals surface area contributed by atoms with E-state index in [9.17, 15) is 4.79 Å². The molecule has 1 aromatic rings. The van der Waals surface area contributed by atoms with Crippen LogP contribution in [0.5, 0.6) is 0 Å². The lowest BCUT2D eigenvalue weighted by Crippen LogP contribution is -2.31. The molecule has 96 valence electrons. The predicted octanol–water partition coefficient (Wildman–Crippen LogP) is 1.89. The highest BCUT2D eigenvalue weighted by molar-refractivity contribution is 5.95. The Kier molecular flexibility index (Phi) is 3.08. The number of aryl methyl sites for hydroxylation is 1. The minimum atomic E-state index is 0.227. The first-order valence-electron chi connectivity index (χ1n) is 6.86. The molecular formula is C15H20N2O. The molecule has 0 spiro atoms. The van der Waals surface area contributed by atoms with Crippen molar-refractivity contribution in [2.45, 2.75) is 38.1 Å². The standard InChI is InChI=1S/C15H20N2O/c1-17-14-6-2-11(8-9-16-13-4-5-13)10-12(14)3-7-15(17)18/h2,6,10,13,16H,3-5,7-9H2,1H3. The van der Waals surface area contributed by atoms with E-state index in [1.54, 1.807) is 4.90 Å². The lowest BCUT2D eigenvalue weighted by molar-refractivity contribution is -0.118. The topological polar surface area (TPSA) is 32.3 Å². The third-order valence-electron chi connectivity index (χ3n) is 3.91. The van der Waals surface area contributed by atoms with E-state index in [2.05, 4.69) is 23.5 Å². The van der Waals surface area contributed by atoms with Crippen LogP contribution in [0.15, 0.2) is 18.2 Å². The van der Waals surface area contributed by atoms with Gasteiger partial charge in [0, 0.05) is 25.2 Å². The van der Waals surface area contributed by atoms with Crippen molar-refractivity contribution < 1.29 is 4.79 Å². The molecule has 0 atom stereocenters. The van der Waals surface area contributed by atoms with Gasteiger partial charge >= 0.3 is 0 Å². The first kappa shape index (κ1) is 11.7. The average Bonchev–Trinajstić information content (AvgIpc) is 3.18. The zero-order valence-electron chi connectivity index (χ0n) is 10.9. The molecule has 1 aliphatic carbocycles. The van der Waals surface area contributed by atoms with Gasteiger partial charge in [0.25, 0.3) is 0 Å². The van der Waals surface area contributed by atoms with Gasteiger partial charge in [-0.2, -0.15) is 0 Å². The van der Waals surface area contributed by atoms with Crippen LogP contribution in [0.4, 0.5) is 5.69 Å². The molecule has 3 nitrogen and oxygen atoms in total. The summed E-state index contributed by atoms with van der Waals surface area (Å²) in [7, 11) is 1.87. The van der Waals surface area contributed by atoms with Crippen molar-refractivity contribution in [1.29, 1.82) is 0 Å². The number of carbonyl (C=O) groups excluding carboxylic acids is 1. The molecule has 18 heavy (non-hydrogen) atoms. The molecule has 1 aliphatic heterocycles. The van der Waals surface area contributed by atoms with Crippen LogP contribution in [0.25, 0.3) is 0 Å². The van der Waals surface area contributed by atoms with E-state index >= 15 is 0 Å². The minimum Gasteiger partial charge on any atom is -0.315 e. The minimum absolute atomic E-state index is 0.227. The van der Waals surface area contributed by atoms with Gasteiger partial charge in [0.2, 0.25) is 5.91 Å². The van der Waals surface area contributed by atoms with E-state index in [1.807, 2.05) is 7.05 Å². The summed E-state index contributed by atoms with van der Waals surface area (Å²) < 4.78 is 0. The number of nitrogens with one attached hydrogen (secondary N) is 1. The van der Waals surface area contributed by atoms with E-state index in [0.29, 0.717) is 6.42 Å². The van der Waals surface area contributed by atoms with Gasteiger partial charge in [-0.15, -0.1) is 0 Å². The highest BCUT2D eigenvalue weighted by Crippen LogP contribution is 2.27. The van der Waals surface area contributed by atoms with E-state index in [1.165, 1.54) is 24.0 Å². The molecule has 1 aromatic carbocycles. The Morgan fingerprint density at radius 1 is 1.33 bits per heavy atom. The summed E-state index contributed by atoms with van der Waals surface area (Å²) in [5, 5.41) is 3.54. The summed E-state index contributed by atoms with van der Waals surface area (Å²) in [4.78, 5) is 13.4. The molecule has 3 rings (SSSR count). The quantitative estimate of drug-likeness (QED) is 0.877. The van der Waals surface area contributed by atoms with Gasteiger partial charge in [0.15, 0.2) is 0 Å². The zero-order chi connectivity index (χ0) is 12.5. The maximum atomic E-state index is 11.6. The Morgan fingerprint density at radius 3 is 2.94 bits per heavy atom. The van der Waals surface area contributed by atoms with Gasteiger partial charge in [0.1, 0.15) is 0 Å². The maximum absolute atomic E-state index is 11.6. The van der Waals surface area contributed by atoms with Gasteiger partial charge < -0.3 is 10.2 Å². The SMILES string of the molecule is CN1C(=O)CCc2cc(CCNC3CC3)ccc21. The molecule has 1 fully saturated rings. The highest BCUT2D eigenvalue weighted by Gasteiger charge is 2.21. The smallest absolute Gasteiger partial charge is 0.227 e. The number of anilines is 1. The monoisotopic (exact) mass is 244 g/mol. The molecule has 1 N–H and O–H groups in total. The van der Waals surface area contributed by atoms with Crippen LogP contribution >= 0.6 is 0 Å². The molecule has 3 heteroatoms. The van der Waals surface area contributed by atoms with Crippen molar-refractivity contribution in [1.82, 2.24) is 5.32 Å². The third-order valence-corrected chi connectivity index (χ3v) is 3.91. The van der Waals surface area contributed by atoms with E-state index in [0.717, 1.165) is 31.1 Å².